The monoisotopic (exact) mass is 485 g/mol. The van der Waals surface area contributed by atoms with Gasteiger partial charge in [-0.1, -0.05) is 13.8 Å². The van der Waals surface area contributed by atoms with Gasteiger partial charge in [-0.25, -0.2) is 4.79 Å². The van der Waals surface area contributed by atoms with Crippen molar-refractivity contribution in [1.82, 2.24) is 4.90 Å². The molecule has 0 spiro atoms. The van der Waals surface area contributed by atoms with Gasteiger partial charge < -0.3 is 19.4 Å². The first-order chi connectivity index (χ1) is 16.8. The van der Waals surface area contributed by atoms with Gasteiger partial charge in [-0.05, 0) is 98.5 Å². The zero-order valence-corrected chi connectivity index (χ0v) is 21.5. The molecule has 1 aliphatic heterocycles. The highest BCUT2D eigenvalue weighted by Gasteiger charge is 2.67. The highest BCUT2D eigenvalue weighted by Crippen LogP contribution is 2.70. The second-order valence-electron chi connectivity index (χ2n) is 13.0. The molecule has 9 atom stereocenters. The van der Waals surface area contributed by atoms with Crippen LogP contribution in [0.5, 0.6) is 0 Å². The molecule has 35 heavy (non-hydrogen) atoms. The Hall–Kier alpha value is -1.21. The van der Waals surface area contributed by atoms with Crippen molar-refractivity contribution in [2.24, 2.45) is 28.6 Å². The number of fused-ring (bicyclic) bond motifs is 5. The summed E-state index contributed by atoms with van der Waals surface area (Å²) >= 11 is 0. The van der Waals surface area contributed by atoms with E-state index in [9.17, 15) is 15.0 Å². The van der Waals surface area contributed by atoms with Crippen molar-refractivity contribution in [3.05, 3.63) is 34.4 Å². The molecular formula is C29H43NO5. The number of nitrogens with zero attached hydrogens (tertiary/aromatic N) is 1. The van der Waals surface area contributed by atoms with Gasteiger partial charge in [0.2, 0.25) is 0 Å². The van der Waals surface area contributed by atoms with Crippen molar-refractivity contribution in [2.75, 3.05) is 26.3 Å². The quantitative estimate of drug-likeness (QED) is 0.675. The van der Waals surface area contributed by atoms with Crippen LogP contribution in [0.1, 0.15) is 83.1 Å². The molecule has 6 nitrogen and oxygen atoms in total. The summed E-state index contributed by atoms with van der Waals surface area (Å²) < 4.78 is 10.9. The molecule has 6 rings (SSSR count). The van der Waals surface area contributed by atoms with E-state index >= 15 is 0 Å². The second-order valence-corrected chi connectivity index (χ2v) is 13.0. The van der Waals surface area contributed by atoms with E-state index in [0.29, 0.717) is 29.2 Å². The number of aliphatic hydroxyl groups is 2. The van der Waals surface area contributed by atoms with Gasteiger partial charge in [0.25, 0.3) is 0 Å². The highest BCUT2D eigenvalue weighted by atomic mass is 16.5. The zero-order valence-electron chi connectivity index (χ0n) is 21.5. The predicted octanol–water partition coefficient (Wildman–Crippen LogP) is 3.94. The number of aliphatic hydroxyl groups excluding tert-OH is 1. The minimum Gasteiger partial charge on any atom is -0.431 e. The van der Waals surface area contributed by atoms with Gasteiger partial charge in [-0.3, -0.25) is 4.90 Å². The molecule has 1 aromatic heterocycles. The van der Waals surface area contributed by atoms with E-state index in [1.807, 2.05) is 6.07 Å². The Morgan fingerprint density at radius 1 is 1.06 bits per heavy atom. The Kier molecular flexibility index (Phi) is 5.99. The molecule has 5 fully saturated rings. The standard InChI is InChI=1S/C29H43NO5/c1-27-10-7-21(30-13-14-34-22(16-30)17-31)15-20(27)4-5-25-24(27)8-11-28(2)23(9-12-29(25,28)33)19-3-6-26(32)35-18-19/h3,6,18,20-25,31,33H,4-5,7-17H2,1-2H3/t20-,21+,22+,23-,24+,25-,27+,28-,29+/m1/s1. The van der Waals surface area contributed by atoms with Gasteiger partial charge >= 0.3 is 5.63 Å². The van der Waals surface area contributed by atoms with Gasteiger partial charge in [-0.15, -0.1) is 0 Å². The minimum atomic E-state index is -0.639. The summed E-state index contributed by atoms with van der Waals surface area (Å²) in [7, 11) is 0. The van der Waals surface area contributed by atoms with Crippen LogP contribution < -0.4 is 5.63 Å². The van der Waals surface area contributed by atoms with Gasteiger partial charge in [0.15, 0.2) is 0 Å². The van der Waals surface area contributed by atoms with Crippen LogP contribution in [-0.4, -0.2) is 59.2 Å². The minimum absolute atomic E-state index is 0.0361. The molecule has 5 aliphatic rings. The van der Waals surface area contributed by atoms with Crippen LogP contribution in [-0.2, 0) is 4.74 Å². The van der Waals surface area contributed by atoms with Crippen molar-refractivity contribution >= 4 is 0 Å². The second kappa shape index (κ2) is 8.68. The molecule has 194 valence electrons. The summed E-state index contributed by atoms with van der Waals surface area (Å²) in [5, 5.41) is 22.0. The summed E-state index contributed by atoms with van der Waals surface area (Å²) in [5.41, 5.74) is 0.272. The Balaban J connectivity index is 1.21. The van der Waals surface area contributed by atoms with E-state index in [0.717, 1.165) is 50.9 Å². The lowest BCUT2D eigenvalue weighted by molar-refractivity contribution is -0.205. The van der Waals surface area contributed by atoms with Crippen LogP contribution in [0.3, 0.4) is 0 Å². The maximum Gasteiger partial charge on any atom is 0.335 e. The summed E-state index contributed by atoms with van der Waals surface area (Å²) in [4.78, 5) is 14.1. The molecule has 0 bridgehead atoms. The fourth-order valence-corrected chi connectivity index (χ4v) is 9.82. The average Bonchev–Trinajstić information content (AvgIpc) is 3.15. The molecule has 6 heteroatoms. The lowest BCUT2D eigenvalue weighted by atomic mass is 9.43. The van der Waals surface area contributed by atoms with E-state index < -0.39 is 5.60 Å². The molecule has 0 aromatic carbocycles. The van der Waals surface area contributed by atoms with Gasteiger partial charge in [-0.2, -0.15) is 0 Å². The van der Waals surface area contributed by atoms with E-state index in [-0.39, 0.29) is 29.7 Å². The fraction of sp³-hybridized carbons (Fsp3) is 0.828. The van der Waals surface area contributed by atoms with E-state index in [1.54, 1.807) is 6.26 Å². The van der Waals surface area contributed by atoms with E-state index in [2.05, 4.69) is 18.7 Å². The van der Waals surface area contributed by atoms with E-state index in [4.69, 9.17) is 9.15 Å². The Morgan fingerprint density at radius 2 is 1.91 bits per heavy atom. The molecule has 4 aliphatic carbocycles. The first-order valence-corrected chi connectivity index (χ1v) is 14.1. The van der Waals surface area contributed by atoms with Gasteiger partial charge in [0, 0.05) is 30.6 Å². The smallest absolute Gasteiger partial charge is 0.335 e. The molecule has 2 N–H and O–H groups in total. The molecular weight excluding hydrogens is 442 g/mol. The first-order valence-electron chi connectivity index (χ1n) is 14.1. The van der Waals surface area contributed by atoms with Crippen LogP contribution in [0.4, 0.5) is 0 Å². The van der Waals surface area contributed by atoms with Gasteiger partial charge in [0.1, 0.15) is 0 Å². The zero-order chi connectivity index (χ0) is 24.4. The largest absolute Gasteiger partial charge is 0.431 e. The number of hydrogen-bond acceptors (Lipinski definition) is 6. The number of rotatable bonds is 3. The molecule has 1 saturated heterocycles. The third-order valence-electron chi connectivity index (χ3n) is 11.8. The summed E-state index contributed by atoms with van der Waals surface area (Å²) in [6.07, 6.45) is 11.7. The Labute approximate surface area is 209 Å². The molecule has 2 heterocycles. The van der Waals surface area contributed by atoms with Crippen molar-refractivity contribution in [3.63, 3.8) is 0 Å². The van der Waals surface area contributed by atoms with Crippen LogP contribution in [0.15, 0.2) is 27.6 Å². The lowest BCUT2D eigenvalue weighted by Crippen LogP contribution is -2.62. The number of morpholine rings is 1. The SMILES string of the molecule is C[C@]12CC[C@H](N3CCO[C@H](CO)C3)C[C@H]1CC[C@@H]1[C@@H]2CC[C@]2(C)[C@@H](c3ccc(=O)oc3)CC[C@]12O. The maximum atomic E-state index is 12.4. The Bertz CT molecular complexity index is 975. The first kappa shape index (κ1) is 24.1. The third-order valence-corrected chi connectivity index (χ3v) is 11.8. The van der Waals surface area contributed by atoms with E-state index in [1.165, 1.54) is 38.2 Å². The Morgan fingerprint density at radius 3 is 2.69 bits per heavy atom. The summed E-state index contributed by atoms with van der Waals surface area (Å²) in [6.45, 7) is 7.54. The highest BCUT2D eigenvalue weighted by molar-refractivity contribution is 5.27. The topological polar surface area (TPSA) is 83.1 Å². The van der Waals surface area contributed by atoms with Crippen LogP contribution >= 0.6 is 0 Å². The van der Waals surface area contributed by atoms with Crippen LogP contribution in [0.25, 0.3) is 0 Å². The predicted molar refractivity (Wildman–Crippen MR) is 133 cm³/mol. The fourth-order valence-electron chi connectivity index (χ4n) is 9.82. The molecule has 0 amide bonds. The van der Waals surface area contributed by atoms with Crippen molar-refractivity contribution < 1.29 is 19.4 Å². The van der Waals surface area contributed by atoms with Crippen molar-refractivity contribution in [3.8, 4) is 0 Å². The summed E-state index contributed by atoms with van der Waals surface area (Å²) in [6, 6.07) is 4.05. The third kappa shape index (κ3) is 3.61. The number of ether oxygens (including phenoxy) is 1. The summed E-state index contributed by atoms with van der Waals surface area (Å²) in [5.74, 6) is 1.91. The molecule has 0 unspecified atom stereocenters. The normalized spacial score (nSPS) is 48.1. The number of hydrogen-bond donors (Lipinski definition) is 2. The van der Waals surface area contributed by atoms with Crippen molar-refractivity contribution in [1.29, 1.82) is 0 Å². The van der Waals surface area contributed by atoms with Crippen LogP contribution in [0, 0.1) is 28.6 Å². The van der Waals surface area contributed by atoms with Crippen molar-refractivity contribution in [2.45, 2.75) is 95.3 Å². The molecule has 0 radical (unpaired) electrons. The maximum absolute atomic E-state index is 12.4. The van der Waals surface area contributed by atoms with Crippen LogP contribution in [0.2, 0.25) is 0 Å². The molecule has 1 aromatic rings. The lowest BCUT2D eigenvalue weighted by Gasteiger charge is -2.64. The average molecular weight is 486 g/mol. The van der Waals surface area contributed by atoms with Gasteiger partial charge in [0.05, 0.1) is 31.2 Å². The molecule has 4 saturated carbocycles.